The first-order valence-corrected chi connectivity index (χ1v) is 11.6. The van der Waals surface area contributed by atoms with E-state index < -0.39 is 40.6 Å². The molecule has 0 bridgehead atoms. The van der Waals surface area contributed by atoms with Gasteiger partial charge in [-0.05, 0) is 43.3 Å². The van der Waals surface area contributed by atoms with Crippen molar-refractivity contribution in [3.8, 4) is 11.3 Å². The Hall–Kier alpha value is -3.97. The SMILES string of the molecule is CC(NC(=O)c1cc(-c2cccnc2F)ncn1)c1ncc(C(=O)Nc2ccc(C(F)(F)F)c(Cl)c2)s1. The van der Waals surface area contributed by atoms with Gasteiger partial charge in [0, 0.05) is 11.9 Å². The van der Waals surface area contributed by atoms with Crippen molar-refractivity contribution in [2.24, 2.45) is 0 Å². The number of hydrogen-bond donors (Lipinski definition) is 2. The Balaban J connectivity index is 1.42. The third-order valence-electron chi connectivity index (χ3n) is 4.93. The van der Waals surface area contributed by atoms with Crippen molar-refractivity contribution in [1.29, 1.82) is 0 Å². The predicted molar refractivity (Wildman–Crippen MR) is 128 cm³/mol. The highest BCUT2D eigenvalue weighted by Gasteiger charge is 2.33. The molecule has 1 atom stereocenters. The molecule has 4 aromatic rings. The van der Waals surface area contributed by atoms with Crippen LogP contribution in [0.3, 0.4) is 0 Å². The molecule has 0 fully saturated rings. The number of alkyl halides is 3. The number of nitrogens with one attached hydrogen (secondary N) is 2. The fourth-order valence-electron chi connectivity index (χ4n) is 3.15. The summed E-state index contributed by atoms with van der Waals surface area (Å²) in [6.45, 7) is 1.64. The van der Waals surface area contributed by atoms with Crippen molar-refractivity contribution in [3.63, 3.8) is 0 Å². The van der Waals surface area contributed by atoms with Crippen molar-refractivity contribution in [2.45, 2.75) is 19.1 Å². The van der Waals surface area contributed by atoms with Crippen LogP contribution in [0.5, 0.6) is 0 Å². The zero-order valence-corrected chi connectivity index (χ0v) is 20.2. The lowest BCUT2D eigenvalue weighted by molar-refractivity contribution is -0.137. The van der Waals surface area contributed by atoms with E-state index >= 15 is 0 Å². The van der Waals surface area contributed by atoms with Crippen molar-refractivity contribution in [3.05, 3.63) is 87.2 Å². The monoisotopic (exact) mass is 550 g/mol. The number of aromatic nitrogens is 4. The molecule has 2 N–H and O–H groups in total. The zero-order valence-electron chi connectivity index (χ0n) is 18.7. The van der Waals surface area contributed by atoms with Gasteiger partial charge >= 0.3 is 6.18 Å². The van der Waals surface area contributed by atoms with Crippen LogP contribution in [0.4, 0.5) is 23.2 Å². The van der Waals surface area contributed by atoms with Gasteiger partial charge in [0.15, 0.2) is 0 Å². The molecule has 8 nitrogen and oxygen atoms in total. The Morgan fingerprint density at radius 1 is 1.05 bits per heavy atom. The van der Waals surface area contributed by atoms with Crippen LogP contribution in [-0.4, -0.2) is 31.8 Å². The summed E-state index contributed by atoms with van der Waals surface area (Å²) in [5.74, 6) is -1.94. The number of amides is 2. The molecule has 190 valence electrons. The van der Waals surface area contributed by atoms with E-state index in [9.17, 15) is 27.2 Å². The van der Waals surface area contributed by atoms with Gasteiger partial charge in [-0.25, -0.2) is 19.9 Å². The predicted octanol–water partition coefficient (Wildman–Crippen LogP) is 5.55. The summed E-state index contributed by atoms with van der Waals surface area (Å²) in [4.78, 5) is 41.0. The second-order valence-corrected chi connectivity index (χ2v) is 9.00. The second kappa shape index (κ2) is 10.6. The quantitative estimate of drug-likeness (QED) is 0.241. The number of carbonyl (C=O) groups excluding carboxylic acids is 2. The lowest BCUT2D eigenvalue weighted by atomic mass is 10.1. The number of thiazole rings is 1. The van der Waals surface area contributed by atoms with Crippen molar-refractivity contribution >= 4 is 40.4 Å². The number of rotatable bonds is 6. The number of benzene rings is 1. The molecule has 3 heterocycles. The van der Waals surface area contributed by atoms with Crippen LogP contribution in [0.15, 0.2) is 55.1 Å². The number of halogens is 5. The fourth-order valence-corrected chi connectivity index (χ4v) is 4.25. The smallest absolute Gasteiger partial charge is 0.342 e. The first-order valence-electron chi connectivity index (χ1n) is 10.4. The third kappa shape index (κ3) is 6.06. The molecule has 14 heteroatoms. The van der Waals surface area contributed by atoms with Gasteiger partial charge in [0.25, 0.3) is 11.8 Å². The molecule has 0 saturated carbocycles. The minimum absolute atomic E-state index is 0.0196. The van der Waals surface area contributed by atoms with Gasteiger partial charge < -0.3 is 10.6 Å². The first-order chi connectivity index (χ1) is 17.5. The van der Waals surface area contributed by atoms with Gasteiger partial charge in [0.2, 0.25) is 5.95 Å². The zero-order chi connectivity index (χ0) is 26.7. The molecule has 1 aromatic carbocycles. The number of pyridine rings is 1. The summed E-state index contributed by atoms with van der Waals surface area (Å²) in [5.41, 5.74) is -0.678. The van der Waals surface area contributed by atoms with E-state index in [2.05, 4.69) is 30.6 Å². The summed E-state index contributed by atoms with van der Waals surface area (Å²) in [5, 5.41) is 4.99. The molecule has 2 amide bonds. The molecule has 0 aliphatic heterocycles. The Bertz CT molecular complexity index is 1480. The summed E-state index contributed by atoms with van der Waals surface area (Å²) in [6.07, 6.45) is -0.927. The summed E-state index contributed by atoms with van der Waals surface area (Å²) in [7, 11) is 0. The van der Waals surface area contributed by atoms with Crippen molar-refractivity contribution in [2.75, 3.05) is 5.32 Å². The van der Waals surface area contributed by atoms with Crippen molar-refractivity contribution < 1.29 is 27.2 Å². The molecule has 0 spiro atoms. The normalized spacial score (nSPS) is 12.2. The maximum Gasteiger partial charge on any atom is 0.417 e. The summed E-state index contributed by atoms with van der Waals surface area (Å²) >= 11 is 6.67. The molecule has 0 radical (unpaired) electrons. The molecule has 3 aromatic heterocycles. The molecule has 1 unspecified atom stereocenters. The molecule has 4 rings (SSSR count). The van der Waals surface area contributed by atoms with Crippen LogP contribution in [0, 0.1) is 5.95 Å². The highest BCUT2D eigenvalue weighted by atomic mass is 35.5. The van der Waals surface area contributed by atoms with Gasteiger partial charge in [-0.3, -0.25) is 9.59 Å². The van der Waals surface area contributed by atoms with E-state index in [4.69, 9.17) is 11.6 Å². The van der Waals surface area contributed by atoms with E-state index in [1.807, 2.05) is 0 Å². The first kappa shape index (κ1) is 26.1. The van der Waals surface area contributed by atoms with Gasteiger partial charge in [0.1, 0.15) is 21.9 Å². The van der Waals surface area contributed by atoms with E-state index in [0.717, 1.165) is 35.9 Å². The average molecular weight is 551 g/mol. The van der Waals surface area contributed by atoms with Crippen molar-refractivity contribution in [1.82, 2.24) is 25.3 Å². The highest BCUT2D eigenvalue weighted by molar-refractivity contribution is 7.13. The molecule has 0 saturated heterocycles. The highest BCUT2D eigenvalue weighted by Crippen LogP contribution is 2.36. The lowest BCUT2D eigenvalue weighted by Gasteiger charge is -2.11. The molecule has 0 aliphatic rings. The molecular weight excluding hydrogens is 536 g/mol. The Kier molecular flexibility index (Phi) is 7.45. The standard InChI is InChI=1S/C23H15ClF4N6O2S/c1-11(33-20(35)17-8-16(31-10-32-17)13-3-2-6-29-19(13)25)22-30-9-18(37-22)21(36)34-12-4-5-14(15(24)7-12)23(26,27)28/h2-11H,1H3,(H,33,35)(H,34,36). The van der Waals surface area contributed by atoms with Crippen LogP contribution in [0.25, 0.3) is 11.3 Å². The summed E-state index contributed by atoms with van der Waals surface area (Å²) < 4.78 is 52.6. The maximum absolute atomic E-state index is 14.0. The largest absolute Gasteiger partial charge is 0.417 e. The van der Waals surface area contributed by atoms with Crippen LogP contribution >= 0.6 is 22.9 Å². The number of carbonyl (C=O) groups is 2. The second-order valence-electron chi connectivity index (χ2n) is 7.53. The Morgan fingerprint density at radius 2 is 1.84 bits per heavy atom. The average Bonchev–Trinajstić information content (AvgIpc) is 3.34. The third-order valence-corrected chi connectivity index (χ3v) is 6.42. The van der Waals surface area contributed by atoms with E-state index in [0.29, 0.717) is 5.01 Å². The van der Waals surface area contributed by atoms with Gasteiger partial charge in [-0.2, -0.15) is 17.6 Å². The number of hydrogen-bond acceptors (Lipinski definition) is 7. The van der Waals surface area contributed by atoms with Gasteiger partial charge in [-0.1, -0.05) is 11.6 Å². The van der Waals surface area contributed by atoms with Crippen LogP contribution in [-0.2, 0) is 6.18 Å². The fraction of sp³-hybridized carbons (Fsp3) is 0.130. The van der Waals surface area contributed by atoms with Crippen LogP contribution in [0.1, 0.15) is 43.7 Å². The van der Waals surface area contributed by atoms with Crippen LogP contribution < -0.4 is 10.6 Å². The number of nitrogens with zero attached hydrogens (tertiary/aromatic N) is 4. The van der Waals surface area contributed by atoms with E-state index in [1.165, 1.54) is 30.6 Å². The minimum Gasteiger partial charge on any atom is -0.342 e. The Labute approximate surface area is 215 Å². The van der Waals surface area contributed by atoms with Crippen LogP contribution in [0.2, 0.25) is 5.02 Å². The Morgan fingerprint density at radius 3 is 2.54 bits per heavy atom. The molecular formula is C23H15ClF4N6O2S. The van der Waals surface area contributed by atoms with Gasteiger partial charge in [0.05, 0.1) is 34.1 Å². The number of anilines is 1. The minimum atomic E-state index is -4.62. The van der Waals surface area contributed by atoms with Gasteiger partial charge in [-0.15, -0.1) is 11.3 Å². The molecule has 0 aliphatic carbocycles. The molecule has 37 heavy (non-hydrogen) atoms. The topological polar surface area (TPSA) is 110 Å². The van der Waals surface area contributed by atoms with E-state index in [-0.39, 0.29) is 27.5 Å². The van der Waals surface area contributed by atoms with E-state index in [1.54, 1.807) is 6.92 Å². The summed E-state index contributed by atoms with van der Waals surface area (Å²) in [6, 6.07) is 6.55. The lowest BCUT2D eigenvalue weighted by Crippen LogP contribution is -2.27. The maximum atomic E-state index is 14.0.